The first-order valence-electron chi connectivity index (χ1n) is 9.32. The first kappa shape index (κ1) is 21.1. The number of nitrogens with zero attached hydrogens (tertiary/aromatic N) is 2. The lowest BCUT2D eigenvalue weighted by atomic mass is 10.2. The van der Waals surface area contributed by atoms with Crippen molar-refractivity contribution < 1.29 is 8.42 Å². The van der Waals surface area contributed by atoms with Crippen molar-refractivity contribution in [2.24, 2.45) is 4.99 Å². The summed E-state index contributed by atoms with van der Waals surface area (Å²) >= 11 is 1.78. The largest absolute Gasteiger partial charge is 0.357 e. The van der Waals surface area contributed by atoms with Gasteiger partial charge in [0.15, 0.2) is 5.96 Å². The Balaban J connectivity index is 1.92. The number of likely N-dealkylation sites (tertiary alicyclic amines) is 1. The molecule has 1 unspecified atom stereocenters. The van der Waals surface area contributed by atoms with Gasteiger partial charge in [-0.15, -0.1) is 11.3 Å². The van der Waals surface area contributed by atoms with Gasteiger partial charge < -0.3 is 10.6 Å². The maximum absolute atomic E-state index is 11.5. The van der Waals surface area contributed by atoms with Crippen LogP contribution in [0.2, 0.25) is 0 Å². The predicted octanol–water partition coefficient (Wildman–Crippen LogP) is 1.38. The molecular formula is C17H31N5O2S2. The van der Waals surface area contributed by atoms with Crippen molar-refractivity contribution in [3.63, 3.8) is 0 Å². The molecule has 3 N–H and O–H groups in total. The van der Waals surface area contributed by atoms with Crippen LogP contribution < -0.4 is 15.4 Å². The minimum Gasteiger partial charge on any atom is -0.357 e. The van der Waals surface area contributed by atoms with Gasteiger partial charge in [-0.05, 0) is 51.2 Å². The predicted molar refractivity (Wildman–Crippen MR) is 109 cm³/mol. The van der Waals surface area contributed by atoms with Gasteiger partial charge in [0.25, 0.3) is 0 Å². The summed E-state index contributed by atoms with van der Waals surface area (Å²) < 4.78 is 25.5. The third-order valence-electron chi connectivity index (χ3n) is 4.34. The minimum absolute atomic E-state index is 0.0967. The number of guanidine groups is 1. The van der Waals surface area contributed by atoms with Gasteiger partial charge in [0.05, 0.1) is 18.3 Å². The van der Waals surface area contributed by atoms with Crippen LogP contribution >= 0.6 is 11.3 Å². The lowest BCUT2D eigenvalue weighted by Crippen LogP contribution is -2.42. The van der Waals surface area contributed by atoms with Crippen LogP contribution in [0, 0.1) is 0 Å². The molecule has 1 aliphatic heterocycles. The Hall–Kier alpha value is -1.16. The molecule has 1 aliphatic rings. The van der Waals surface area contributed by atoms with Crippen LogP contribution in [0.3, 0.4) is 0 Å². The summed E-state index contributed by atoms with van der Waals surface area (Å²) in [6.45, 7) is 8.20. The quantitative estimate of drug-likeness (QED) is 0.313. The molecule has 1 fully saturated rings. The van der Waals surface area contributed by atoms with E-state index in [0.29, 0.717) is 25.7 Å². The van der Waals surface area contributed by atoms with Crippen LogP contribution in [0.15, 0.2) is 22.5 Å². The van der Waals surface area contributed by atoms with E-state index in [1.165, 1.54) is 17.7 Å². The second kappa shape index (κ2) is 10.9. The SMILES string of the molecule is CCNC(=NCC(c1cccs1)N1CCCC1)NCCNS(=O)(=O)CC. The van der Waals surface area contributed by atoms with Crippen LogP contribution in [0.25, 0.3) is 0 Å². The lowest BCUT2D eigenvalue weighted by molar-refractivity contribution is 0.255. The number of nitrogens with one attached hydrogen (secondary N) is 3. The number of hydrogen-bond acceptors (Lipinski definition) is 5. The van der Waals surface area contributed by atoms with Crippen LogP contribution in [0.5, 0.6) is 0 Å². The van der Waals surface area contributed by atoms with Gasteiger partial charge in [0, 0.05) is 24.5 Å². The Morgan fingerprint density at radius 3 is 2.65 bits per heavy atom. The molecule has 1 saturated heterocycles. The van der Waals surface area contributed by atoms with Crippen LogP contribution in [0.4, 0.5) is 0 Å². The van der Waals surface area contributed by atoms with Crippen molar-refractivity contribution in [3.8, 4) is 0 Å². The van der Waals surface area contributed by atoms with Crippen LogP contribution in [-0.4, -0.2) is 64.3 Å². The Kier molecular flexibility index (Phi) is 8.83. The highest BCUT2D eigenvalue weighted by Crippen LogP contribution is 2.28. The first-order chi connectivity index (χ1) is 12.6. The second-order valence-corrected chi connectivity index (χ2v) is 9.29. The minimum atomic E-state index is -3.15. The summed E-state index contributed by atoms with van der Waals surface area (Å²) in [5, 5.41) is 8.55. The third kappa shape index (κ3) is 6.86. The summed E-state index contributed by atoms with van der Waals surface area (Å²) in [4.78, 5) is 8.61. The average Bonchev–Trinajstić information content (AvgIpc) is 3.33. The molecule has 0 aromatic carbocycles. The summed E-state index contributed by atoms with van der Waals surface area (Å²) in [6, 6.07) is 4.59. The maximum Gasteiger partial charge on any atom is 0.211 e. The third-order valence-corrected chi connectivity index (χ3v) is 6.72. The molecule has 1 aromatic heterocycles. The van der Waals surface area contributed by atoms with E-state index in [1.54, 1.807) is 18.3 Å². The number of sulfonamides is 1. The number of aliphatic imine (C=N–C) groups is 1. The van der Waals surface area contributed by atoms with E-state index < -0.39 is 10.0 Å². The zero-order valence-corrected chi connectivity index (χ0v) is 17.3. The highest BCUT2D eigenvalue weighted by molar-refractivity contribution is 7.89. The fourth-order valence-corrected chi connectivity index (χ4v) is 4.40. The molecule has 1 aromatic rings. The average molecular weight is 402 g/mol. The summed E-state index contributed by atoms with van der Waals surface area (Å²) in [7, 11) is -3.15. The summed E-state index contributed by atoms with van der Waals surface area (Å²) in [5.41, 5.74) is 0. The molecule has 2 heterocycles. The van der Waals surface area contributed by atoms with E-state index in [-0.39, 0.29) is 5.75 Å². The molecule has 0 spiro atoms. The van der Waals surface area contributed by atoms with Crippen molar-refractivity contribution in [1.29, 1.82) is 0 Å². The maximum atomic E-state index is 11.5. The fraction of sp³-hybridized carbons (Fsp3) is 0.706. The van der Waals surface area contributed by atoms with Crippen LogP contribution in [0.1, 0.15) is 37.6 Å². The first-order valence-corrected chi connectivity index (χ1v) is 11.9. The molecule has 0 radical (unpaired) electrons. The van der Waals surface area contributed by atoms with E-state index in [9.17, 15) is 8.42 Å². The molecule has 0 saturated carbocycles. The van der Waals surface area contributed by atoms with E-state index >= 15 is 0 Å². The molecule has 148 valence electrons. The summed E-state index contributed by atoms with van der Waals surface area (Å²) in [6.07, 6.45) is 2.50. The smallest absolute Gasteiger partial charge is 0.211 e. The Morgan fingerprint density at radius 2 is 2.04 bits per heavy atom. The molecule has 9 heteroatoms. The monoisotopic (exact) mass is 401 g/mol. The topological polar surface area (TPSA) is 85.8 Å². The van der Waals surface area contributed by atoms with Crippen molar-refractivity contribution in [3.05, 3.63) is 22.4 Å². The molecule has 0 amide bonds. The van der Waals surface area contributed by atoms with E-state index in [2.05, 4.69) is 37.8 Å². The highest BCUT2D eigenvalue weighted by atomic mass is 32.2. The number of rotatable bonds is 10. The zero-order valence-electron chi connectivity index (χ0n) is 15.7. The Morgan fingerprint density at radius 1 is 1.27 bits per heavy atom. The standard InChI is InChI=1S/C17H31N5O2S2/c1-3-18-17(19-9-10-21-26(23,24)4-2)20-14-15(16-8-7-13-25-16)22-11-5-6-12-22/h7-8,13,15,21H,3-6,9-12,14H2,1-2H3,(H2,18,19,20). The molecule has 2 rings (SSSR count). The molecule has 1 atom stereocenters. The highest BCUT2D eigenvalue weighted by Gasteiger charge is 2.24. The van der Waals surface area contributed by atoms with Gasteiger partial charge in [-0.1, -0.05) is 6.07 Å². The number of hydrogen-bond donors (Lipinski definition) is 3. The fourth-order valence-electron chi connectivity index (χ4n) is 2.93. The van der Waals surface area contributed by atoms with Gasteiger partial charge in [-0.2, -0.15) is 0 Å². The Labute approximate surface area is 161 Å². The van der Waals surface area contributed by atoms with E-state index in [1.807, 2.05) is 6.92 Å². The van der Waals surface area contributed by atoms with Crippen LogP contribution in [-0.2, 0) is 10.0 Å². The van der Waals surface area contributed by atoms with Gasteiger partial charge in [0.2, 0.25) is 10.0 Å². The zero-order chi connectivity index (χ0) is 18.8. The van der Waals surface area contributed by atoms with Crippen molar-refractivity contribution >= 4 is 27.3 Å². The van der Waals surface area contributed by atoms with Crippen molar-refractivity contribution in [2.45, 2.75) is 32.7 Å². The normalized spacial score (nSPS) is 17.4. The van der Waals surface area contributed by atoms with Crippen molar-refractivity contribution in [2.75, 3.05) is 45.0 Å². The molecule has 7 nitrogen and oxygen atoms in total. The molecule has 0 aliphatic carbocycles. The molecular weight excluding hydrogens is 370 g/mol. The van der Waals surface area contributed by atoms with E-state index in [0.717, 1.165) is 25.6 Å². The molecule has 26 heavy (non-hydrogen) atoms. The lowest BCUT2D eigenvalue weighted by Gasteiger charge is -2.25. The van der Waals surface area contributed by atoms with Gasteiger partial charge in [-0.3, -0.25) is 9.89 Å². The molecule has 0 bridgehead atoms. The van der Waals surface area contributed by atoms with E-state index in [4.69, 9.17) is 4.99 Å². The summed E-state index contributed by atoms with van der Waals surface area (Å²) in [5.74, 6) is 0.823. The van der Waals surface area contributed by atoms with Crippen molar-refractivity contribution in [1.82, 2.24) is 20.3 Å². The second-order valence-electron chi connectivity index (χ2n) is 6.22. The van der Waals surface area contributed by atoms with Gasteiger partial charge >= 0.3 is 0 Å². The van der Waals surface area contributed by atoms with Gasteiger partial charge in [-0.25, -0.2) is 13.1 Å². The Bertz CT molecular complexity index is 640. The van der Waals surface area contributed by atoms with Gasteiger partial charge in [0.1, 0.15) is 0 Å². The number of thiophene rings is 1.